The van der Waals surface area contributed by atoms with Gasteiger partial charge in [-0.05, 0) is 41.1 Å². The molecule has 7 heteroatoms. The average Bonchev–Trinajstić information content (AvgIpc) is 2.75. The van der Waals surface area contributed by atoms with E-state index in [4.69, 9.17) is 9.05 Å². The zero-order chi connectivity index (χ0) is 25.1. The van der Waals surface area contributed by atoms with Crippen LogP contribution in [0.3, 0.4) is 0 Å². The Morgan fingerprint density at radius 2 is 1.32 bits per heavy atom. The third kappa shape index (κ3) is 18.3. The van der Waals surface area contributed by atoms with Crippen molar-refractivity contribution in [2.75, 3.05) is 33.9 Å². The van der Waals surface area contributed by atoms with Gasteiger partial charge in [-0.3, -0.25) is 4.57 Å². The van der Waals surface area contributed by atoms with E-state index in [-0.39, 0.29) is 13.2 Å². The van der Waals surface area contributed by atoms with Crippen molar-refractivity contribution in [3.05, 3.63) is 33.4 Å². The van der Waals surface area contributed by atoms with Gasteiger partial charge < -0.3 is 18.4 Å². The maximum atomic E-state index is 12.0. The van der Waals surface area contributed by atoms with Crippen molar-refractivity contribution in [3.8, 4) is 0 Å². The number of unbranched alkanes of at least 4 members (excludes halogenated alkanes) is 13. The van der Waals surface area contributed by atoms with Crippen LogP contribution in [-0.4, -0.2) is 38.3 Å². The van der Waals surface area contributed by atoms with E-state index < -0.39 is 7.82 Å². The van der Waals surface area contributed by atoms with Gasteiger partial charge in [0.25, 0.3) is 7.82 Å². The van der Waals surface area contributed by atoms with Crippen LogP contribution in [0.25, 0.3) is 0 Å². The Bertz CT molecular complexity index is 686. The summed E-state index contributed by atoms with van der Waals surface area (Å²) in [6.07, 6.45) is 17.8. The standard InChI is InChI=1S/C27H49INO4P/c1-4-5-6-7-8-9-10-11-12-13-14-15-16-17-22-32-34(30,31)33-23-21-29(2,3)25-26-19-18-20-27(28)24-26/h18-20,24H,4-17,21-23,25H2,1-3H3. The first kappa shape index (κ1) is 32.0. The van der Waals surface area contributed by atoms with Gasteiger partial charge in [-0.25, -0.2) is 0 Å². The summed E-state index contributed by atoms with van der Waals surface area (Å²) in [5, 5.41) is 0. The third-order valence-electron chi connectivity index (χ3n) is 6.19. The van der Waals surface area contributed by atoms with E-state index in [1.54, 1.807) is 0 Å². The van der Waals surface area contributed by atoms with E-state index in [9.17, 15) is 9.46 Å². The Kier molecular flexibility index (Phi) is 18.1. The molecule has 1 aromatic rings. The lowest BCUT2D eigenvalue weighted by molar-refractivity contribution is -0.903. The van der Waals surface area contributed by atoms with Crippen molar-refractivity contribution in [2.45, 2.75) is 103 Å². The molecule has 1 atom stereocenters. The van der Waals surface area contributed by atoms with Crippen LogP contribution in [0.5, 0.6) is 0 Å². The van der Waals surface area contributed by atoms with E-state index in [2.05, 4.69) is 61.8 Å². The molecule has 1 unspecified atom stereocenters. The predicted molar refractivity (Wildman–Crippen MR) is 150 cm³/mol. The van der Waals surface area contributed by atoms with Gasteiger partial charge in [-0.1, -0.05) is 103 Å². The number of nitrogens with zero attached hydrogens (tertiary/aromatic N) is 1. The minimum Gasteiger partial charge on any atom is -0.756 e. The molecule has 5 nitrogen and oxygen atoms in total. The maximum Gasteiger partial charge on any atom is 0.268 e. The van der Waals surface area contributed by atoms with Crippen molar-refractivity contribution >= 4 is 30.4 Å². The first-order chi connectivity index (χ1) is 16.2. The maximum absolute atomic E-state index is 12.0. The van der Waals surface area contributed by atoms with Gasteiger partial charge in [-0.15, -0.1) is 0 Å². The lowest BCUT2D eigenvalue weighted by Crippen LogP contribution is -2.41. The van der Waals surface area contributed by atoms with Gasteiger partial charge >= 0.3 is 0 Å². The minimum absolute atomic E-state index is 0.135. The molecule has 0 N–H and O–H groups in total. The normalized spacial score (nSPS) is 13.8. The molecule has 0 spiro atoms. The average molecular weight is 610 g/mol. The summed E-state index contributed by atoms with van der Waals surface area (Å²) in [6, 6.07) is 8.36. The van der Waals surface area contributed by atoms with Crippen LogP contribution in [0.1, 0.15) is 102 Å². The number of benzene rings is 1. The summed E-state index contributed by atoms with van der Waals surface area (Å²) in [4.78, 5) is 12.0. The first-order valence-corrected chi connectivity index (χ1v) is 15.9. The lowest BCUT2D eigenvalue weighted by Gasteiger charge is -2.31. The third-order valence-corrected chi connectivity index (χ3v) is 7.86. The van der Waals surface area contributed by atoms with Crippen molar-refractivity contribution in [1.29, 1.82) is 0 Å². The fourth-order valence-corrected chi connectivity index (χ4v) is 5.46. The number of halogens is 1. The summed E-state index contributed by atoms with van der Waals surface area (Å²) in [5.74, 6) is 0. The Balaban J connectivity index is 1.98. The molecule has 198 valence electrons. The number of quaternary nitrogens is 1. The van der Waals surface area contributed by atoms with E-state index in [0.29, 0.717) is 11.0 Å². The molecule has 0 aromatic heterocycles. The SMILES string of the molecule is CCCCCCCCCCCCCCCCOP(=O)([O-])OCC[N+](C)(C)Cc1cccc(I)c1. The molecule has 0 aliphatic carbocycles. The molecule has 1 aromatic carbocycles. The Morgan fingerprint density at radius 3 is 1.85 bits per heavy atom. The molecule has 34 heavy (non-hydrogen) atoms. The van der Waals surface area contributed by atoms with Crippen LogP contribution >= 0.6 is 30.4 Å². The van der Waals surface area contributed by atoms with E-state index in [1.165, 1.54) is 79.8 Å². The van der Waals surface area contributed by atoms with Crippen LogP contribution in [-0.2, 0) is 20.2 Å². The molecular weight excluding hydrogens is 560 g/mol. The predicted octanol–water partition coefficient (Wildman–Crippen LogP) is 7.85. The number of hydrogen-bond acceptors (Lipinski definition) is 4. The summed E-state index contributed by atoms with van der Waals surface area (Å²) in [5.41, 5.74) is 1.23. The molecule has 0 aliphatic rings. The molecule has 0 aliphatic heterocycles. The molecule has 0 heterocycles. The molecule has 0 bridgehead atoms. The molecule has 0 amide bonds. The van der Waals surface area contributed by atoms with Crippen LogP contribution in [0.4, 0.5) is 0 Å². The van der Waals surface area contributed by atoms with Crippen molar-refractivity contribution < 1.29 is 23.0 Å². The zero-order valence-electron chi connectivity index (χ0n) is 21.9. The number of likely N-dealkylation sites (N-methyl/N-ethyl adjacent to an activating group) is 1. The summed E-state index contributed by atoms with van der Waals surface area (Å²) < 4.78 is 24.0. The smallest absolute Gasteiger partial charge is 0.268 e. The number of phosphoric acid groups is 1. The number of rotatable bonds is 22. The fourth-order valence-electron chi connectivity index (χ4n) is 4.12. The van der Waals surface area contributed by atoms with Gasteiger partial charge in [0.2, 0.25) is 0 Å². The minimum atomic E-state index is -4.22. The number of phosphoric ester groups is 1. The lowest BCUT2D eigenvalue weighted by atomic mass is 10.0. The van der Waals surface area contributed by atoms with Crippen molar-refractivity contribution in [2.24, 2.45) is 0 Å². The molecule has 1 rings (SSSR count). The second kappa shape index (κ2) is 19.2. The summed E-state index contributed by atoms with van der Waals surface area (Å²) >= 11 is 2.30. The highest BCUT2D eigenvalue weighted by Crippen LogP contribution is 2.38. The monoisotopic (exact) mass is 609 g/mol. The Hall–Kier alpha value is 0.0200. The van der Waals surface area contributed by atoms with Crippen LogP contribution in [0.15, 0.2) is 24.3 Å². The van der Waals surface area contributed by atoms with Crippen LogP contribution in [0.2, 0.25) is 0 Å². The molecule has 0 fully saturated rings. The molecule has 0 saturated carbocycles. The second-order valence-corrected chi connectivity index (χ2v) is 12.8. The highest BCUT2D eigenvalue weighted by atomic mass is 127. The quantitative estimate of drug-likeness (QED) is 0.0582. The fraction of sp³-hybridized carbons (Fsp3) is 0.778. The largest absolute Gasteiger partial charge is 0.756 e. The van der Waals surface area contributed by atoms with E-state index in [0.717, 1.165) is 25.8 Å². The van der Waals surface area contributed by atoms with Crippen LogP contribution < -0.4 is 4.89 Å². The van der Waals surface area contributed by atoms with Gasteiger partial charge in [0.05, 0.1) is 20.7 Å². The molecular formula is C27H49INO4P. The van der Waals surface area contributed by atoms with Crippen LogP contribution in [0, 0.1) is 3.57 Å². The Labute approximate surface area is 223 Å². The van der Waals surface area contributed by atoms with Gasteiger partial charge in [0, 0.05) is 9.13 Å². The first-order valence-electron chi connectivity index (χ1n) is 13.4. The number of hydrogen-bond donors (Lipinski definition) is 0. The molecule has 0 radical (unpaired) electrons. The van der Waals surface area contributed by atoms with Gasteiger partial charge in [0.1, 0.15) is 19.7 Å². The van der Waals surface area contributed by atoms with Gasteiger partial charge in [-0.2, -0.15) is 0 Å². The van der Waals surface area contributed by atoms with E-state index >= 15 is 0 Å². The summed E-state index contributed by atoms with van der Waals surface area (Å²) in [7, 11) is -0.0608. The zero-order valence-corrected chi connectivity index (χ0v) is 25.0. The van der Waals surface area contributed by atoms with E-state index in [1.807, 2.05) is 6.07 Å². The summed E-state index contributed by atoms with van der Waals surface area (Å²) in [6.45, 7) is 4.04. The van der Waals surface area contributed by atoms with Gasteiger partial charge in [0.15, 0.2) is 0 Å². The second-order valence-electron chi connectivity index (χ2n) is 10.2. The van der Waals surface area contributed by atoms with Crippen molar-refractivity contribution in [1.82, 2.24) is 0 Å². The highest BCUT2D eigenvalue weighted by Gasteiger charge is 2.18. The highest BCUT2D eigenvalue weighted by molar-refractivity contribution is 14.1. The molecule has 0 saturated heterocycles. The van der Waals surface area contributed by atoms with Crippen molar-refractivity contribution in [3.63, 3.8) is 0 Å². The Morgan fingerprint density at radius 1 is 0.824 bits per heavy atom. The topological polar surface area (TPSA) is 58.6 Å².